The van der Waals surface area contributed by atoms with E-state index >= 15 is 0 Å². The number of nitrogens with one attached hydrogen (secondary N) is 2. The molecule has 190 valence electrons. The van der Waals surface area contributed by atoms with E-state index in [0.717, 1.165) is 0 Å². The van der Waals surface area contributed by atoms with Crippen LogP contribution >= 0.6 is 11.6 Å². The molecule has 2 N–H and O–H groups in total. The first-order valence-corrected chi connectivity index (χ1v) is 11.5. The maximum absolute atomic E-state index is 12.7. The van der Waals surface area contributed by atoms with E-state index in [2.05, 4.69) is 15.8 Å². The van der Waals surface area contributed by atoms with Gasteiger partial charge in [0, 0.05) is 21.8 Å². The normalized spacial score (nSPS) is 11.8. The van der Waals surface area contributed by atoms with E-state index in [-0.39, 0.29) is 23.9 Å². The van der Waals surface area contributed by atoms with Crippen molar-refractivity contribution in [2.75, 3.05) is 12.1 Å². The molecule has 2 amide bonds. The number of nitrogens with zero attached hydrogens (tertiary/aromatic N) is 1. The van der Waals surface area contributed by atoms with Gasteiger partial charge in [0.25, 0.3) is 11.8 Å². The van der Waals surface area contributed by atoms with Gasteiger partial charge in [0.05, 0.1) is 18.0 Å². The highest BCUT2D eigenvalue weighted by atomic mass is 35.5. The van der Waals surface area contributed by atoms with Gasteiger partial charge in [-0.15, -0.1) is 0 Å². The Hall–Kier alpha value is -5.09. The first-order chi connectivity index (χ1) is 18.5. The monoisotopic (exact) mass is 531 g/mol. The molecule has 0 saturated carbocycles. The van der Waals surface area contributed by atoms with E-state index < -0.39 is 17.8 Å². The predicted octanol–water partition coefficient (Wildman–Crippen LogP) is 4.90. The Balaban J connectivity index is 1.22. The van der Waals surface area contributed by atoms with Gasteiger partial charge in [0.2, 0.25) is 6.79 Å². The quantitative estimate of drug-likeness (QED) is 0.150. The molecule has 2 heterocycles. The summed E-state index contributed by atoms with van der Waals surface area (Å²) >= 11 is 6.10. The molecule has 0 bridgehead atoms. The summed E-state index contributed by atoms with van der Waals surface area (Å²) in [5.74, 6) is -0.171. The number of carbonyl (C=O) groups excluding carboxylic acids is 3. The van der Waals surface area contributed by atoms with Gasteiger partial charge < -0.3 is 23.9 Å². The lowest BCUT2D eigenvalue weighted by Crippen LogP contribution is -2.18. The smallest absolute Gasteiger partial charge is 0.343 e. The molecular weight excluding hydrogens is 514 g/mol. The lowest BCUT2D eigenvalue weighted by Gasteiger charge is -2.08. The number of hydrogen-bond donors (Lipinski definition) is 2. The van der Waals surface area contributed by atoms with Crippen molar-refractivity contribution in [3.63, 3.8) is 0 Å². The molecular formula is C27H18ClN3O7. The SMILES string of the molecule is O=C(N/N=C/c1cc(Cl)ccc1OC(=O)c1ccc2c(c1)OCO2)c1ccc(NC(=O)c2ccco2)cc1. The molecule has 0 unspecified atom stereocenters. The fraction of sp³-hybridized carbons (Fsp3) is 0.0370. The van der Waals surface area contributed by atoms with Crippen LogP contribution < -0.4 is 25.0 Å². The molecule has 0 radical (unpaired) electrons. The Kier molecular flexibility index (Phi) is 7.05. The lowest BCUT2D eigenvalue weighted by molar-refractivity contribution is 0.0733. The summed E-state index contributed by atoms with van der Waals surface area (Å²) in [5.41, 5.74) is 3.83. The maximum atomic E-state index is 12.7. The summed E-state index contributed by atoms with van der Waals surface area (Å²) in [6.45, 7) is 0.0871. The number of rotatable bonds is 7. The summed E-state index contributed by atoms with van der Waals surface area (Å²) in [5, 5.41) is 7.01. The van der Waals surface area contributed by atoms with E-state index in [1.165, 1.54) is 42.8 Å². The minimum Gasteiger partial charge on any atom is -0.459 e. The molecule has 0 aliphatic carbocycles. The second-order valence-corrected chi connectivity index (χ2v) is 8.28. The third kappa shape index (κ3) is 5.66. The molecule has 38 heavy (non-hydrogen) atoms. The van der Waals surface area contributed by atoms with Crippen molar-refractivity contribution in [1.29, 1.82) is 0 Å². The Morgan fingerprint density at radius 3 is 2.47 bits per heavy atom. The average Bonchev–Trinajstić information content (AvgIpc) is 3.62. The highest BCUT2D eigenvalue weighted by Crippen LogP contribution is 2.33. The van der Waals surface area contributed by atoms with E-state index in [1.54, 1.807) is 42.5 Å². The van der Waals surface area contributed by atoms with E-state index in [4.69, 9.17) is 30.2 Å². The molecule has 0 atom stereocenters. The fourth-order valence-electron chi connectivity index (χ4n) is 3.43. The lowest BCUT2D eigenvalue weighted by atomic mass is 10.2. The molecule has 3 aromatic carbocycles. The van der Waals surface area contributed by atoms with Crippen molar-refractivity contribution < 1.29 is 33.0 Å². The topological polar surface area (TPSA) is 128 Å². The van der Waals surface area contributed by atoms with Crippen molar-refractivity contribution in [1.82, 2.24) is 5.43 Å². The molecule has 5 rings (SSSR count). The second kappa shape index (κ2) is 10.9. The van der Waals surface area contributed by atoms with Gasteiger partial charge in [-0.05, 0) is 72.8 Å². The van der Waals surface area contributed by atoms with Gasteiger partial charge in [0.15, 0.2) is 17.3 Å². The Labute approximate surface area is 220 Å². The van der Waals surface area contributed by atoms with Crippen LogP contribution in [0, 0.1) is 0 Å². The van der Waals surface area contributed by atoms with Crippen LogP contribution in [0.1, 0.15) is 36.8 Å². The van der Waals surface area contributed by atoms with Crippen LogP contribution in [0.2, 0.25) is 5.02 Å². The van der Waals surface area contributed by atoms with Gasteiger partial charge in [0.1, 0.15) is 5.75 Å². The Bertz CT molecular complexity index is 1530. The van der Waals surface area contributed by atoms with Crippen LogP contribution in [-0.4, -0.2) is 30.8 Å². The van der Waals surface area contributed by atoms with E-state index in [1.807, 2.05) is 0 Å². The van der Waals surface area contributed by atoms with Crippen LogP contribution in [0.5, 0.6) is 17.2 Å². The highest BCUT2D eigenvalue weighted by Gasteiger charge is 2.18. The first-order valence-electron chi connectivity index (χ1n) is 11.2. The molecule has 4 aromatic rings. The van der Waals surface area contributed by atoms with Crippen LogP contribution in [-0.2, 0) is 0 Å². The number of hydrazone groups is 1. The predicted molar refractivity (Wildman–Crippen MR) is 137 cm³/mol. The third-order valence-corrected chi connectivity index (χ3v) is 5.54. The second-order valence-electron chi connectivity index (χ2n) is 7.85. The molecule has 0 spiro atoms. The zero-order valence-electron chi connectivity index (χ0n) is 19.5. The molecule has 0 saturated heterocycles. The summed E-state index contributed by atoms with van der Waals surface area (Å²) in [6, 6.07) is 18.7. The fourth-order valence-corrected chi connectivity index (χ4v) is 3.61. The molecule has 1 aliphatic heterocycles. The Morgan fingerprint density at radius 2 is 1.68 bits per heavy atom. The summed E-state index contributed by atoms with van der Waals surface area (Å²) in [7, 11) is 0. The average molecular weight is 532 g/mol. The van der Waals surface area contributed by atoms with Gasteiger partial charge in [-0.1, -0.05) is 11.6 Å². The number of halogens is 1. The standard InChI is InChI=1S/C27H18ClN3O7/c28-19-6-10-21(38-27(34)17-5-9-22-24(13-17)37-15-36-22)18(12-19)14-29-31-25(32)16-3-7-20(8-4-16)30-26(33)23-2-1-11-35-23/h1-14H,15H2,(H,30,33)(H,31,32)/b29-14+. The van der Waals surface area contributed by atoms with Gasteiger partial charge >= 0.3 is 5.97 Å². The van der Waals surface area contributed by atoms with E-state index in [9.17, 15) is 14.4 Å². The van der Waals surface area contributed by atoms with Gasteiger partial charge in [-0.2, -0.15) is 5.10 Å². The molecule has 1 aromatic heterocycles. The number of furan rings is 1. The summed E-state index contributed by atoms with van der Waals surface area (Å²) in [6.07, 6.45) is 2.71. The van der Waals surface area contributed by atoms with Crippen LogP contribution in [0.25, 0.3) is 0 Å². The number of esters is 1. The van der Waals surface area contributed by atoms with E-state index in [0.29, 0.717) is 33.3 Å². The van der Waals surface area contributed by atoms with Gasteiger partial charge in [-0.3, -0.25) is 9.59 Å². The van der Waals surface area contributed by atoms with Crippen molar-refractivity contribution >= 4 is 41.3 Å². The number of anilines is 1. The third-order valence-electron chi connectivity index (χ3n) is 5.30. The van der Waals surface area contributed by atoms with Crippen LogP contribution in [0.3, 0.4) is 0 Å². The zero-order chi connectivity index (χ0) is 26.5. The van der Waals surface area contributed by atoms with Gasteiger partial charge in [-0.25, -0.2) is 10.2 Å². The number of ether oxygens (including phenoxy) is 3. The maximum Gasteiger partial charge on any atom is 0.343 e. The van der Waals surface area contributed by atoms with Crippen molar-refractivity contribution in [3.05, 3.63) is 107 Å². The van der Waals surface area contributed by atoms with Crippen LogP contribution in [0.15, 0.2) is 88.6 Å². The molecule has 10 nitrogen and oxygen atoms in total. The highest BCUT2D eigenvalue weighted by molar-refractivity contribution is 6.31. The van der Waals surface area contributed by atoms with Crippen molar-refractivity contribution in [3.8, 4) is 17.2 Å². The zero-order valence-corrected chi connectivity index (χ0v) is 20.2. The number of carbonyl (C=O) groups is 3. The largest absolute Gasteiger partial charge is 0.459 e. The minimum absolute atomic E-state index is 0.0871. The van der Waals surface area contributed by atoms with Crippen molar-refractivity contribution in [2.24, 2.45) is 5.10 Å². The number of benzene rings is 3. The van der Waals surface area contributed by atoms with Crippen LogP contribution in [0.4, 0.5) is 5.69 Å². The number of amides is 2. The van der Waals surface area contributed by atoms with Crippen molar-refractivity contribution in [2.45, 2.75) is 0 Å². The molecule has 11 heteroatoms. The first kappa shape index (κ1) is 24.6. The number of fused-ring (bicyclic) bond motifs is 1. The number of hydrogen-bond acceptors (Lipinski definition) is 8. The Morgan fingerprint density at radius 1 is 0.895 bits per heavy atom. The summed E-state index contributed by atoms with van der Waals surface area (Å²) in [4.78, 5) is 37.2. The summed E-state index contributed by atoms with van der Waals surface area (Å²) < 4.78 is 21.1. The molecule has 0 fully saturated rings. The minimum atomic E-state index is -0.622. The molecule has 1 aliphatic rings.